The van der Waals surface area contributed by atoms with Gasteiger partial charge in [0.15, 0.2) is 0 Å². The standard InChI is InChI=1S/C13H13BrOS2/c1-16-13-5-3-2-4-11(13)12(15)7-10-6-9(14)8-17-10/h2-6,8,12,15H,7H2,1H3. The number of rotatable bonds is 4. The normalized spacial score (nSPS) is 12.6. The molecule has 1 unspecified atom stereocenters. The zero-order chi connectivity index (χ0) is 12.3. The Morgan fingerprint density at radius 2 is 2.18 bits per heavy atom. The van der Waals surface area contributed by atoms with Gasteiger partial charge in [0.1, 0.15) is 0 Å². The Bertz CT molecular complexity index is 496. The molecule has 1 atom stereocenters. The average molecular weight is 329 g/mol. The van der Waals surface area contributed by atoms with Crippen molar-refractivity contribution in [1.29, 1.82) is 0 Å². The van der Waals surface area contributed by atoms with Gasteiger partial charge in [-0.25, -0.2) is 0 Å². The minimum absolute atomic E-state index is 0.427. The highest BCUT2D eigenvalue weighted by Gasteiger charge is 2.13. The summed E-state index contributed by atoms with van der Waals surface area (Å²) >= 11 is 6.78. The number of aliphatic hydroxyl groups excluding tert-OH is 1. The molecule has 0 radical (unpaired) electrons. The molecule has 0 saturated heterocycles. The van der Waals surface area contributed by atoms with Gasteiger partial charge in [0.25, 0.3) is 0 Å². The molecule has 0 bridgehead atoms. The molecular formula is C13H13BrOS2. The molecule has 1 heterocycles. The van der Waals surface area contributed by atoms with Crippen molar-refractivity contribution < 1.29 is 5.11 Å². The molecular weight excluding hydrogens is 316 g/mol. The van der Waals surface area contributed by atoms with Crippen LogP contribution in [0.3, 0.4) is 0 Å². The van der Waals surface area contributed by atoms with E-state index in [9.17, 15) is 5.11 Å². The van der Waals surface area contributed by atoms with Crippen molar-refractivity contribution >= 4 is 39.0 Å². The number of hydrogen-bond acceptors (Lipinski definition) is 3. The predicted octanol–water partition coefficient (Wildman–Crippen LogP) is 4.51. The minimum atomic E-state index is -0.427. The number of aliphatic hydroxyl groups is 1. The SMILES string of the molecule is CSc1ccccc1C(O)Cc1cc(Br)cs1. The Labute approximate surface area is 118 Å². The van der Waals surface area contributed by atoms with Crippen LogP contribution >= 0.6 is 39.0 Å². The summed E-state index contributed by atoms with van der Waals surface area (Å²) < 4.78 is 1.09. The summed E-state index contributed by atoms with van der Waals surface area (Å²) in [5.74, 6) is 0. The Morgan fingerprint density at radius 3 is 2.82 bits per heavy atom. The molecule has 17 heavy (non-hydrogen) atoms. The van der Waals surface area contributed by atoms with Crippen LogP contribution in [-0.4, -0.2) is 11.4 Å². The highest BCUT2D eigenvalue weighted by atomic mass is 79.9. The smallest absolute Gasteiger partial charge is 0.0849 e. The van der Waals surface area contributed by atoms with Crippen LogP contribution in [-0.2, 0) is 6.42 Å². The summed E-state index contributed by atoms with van der Waals surface area (Å²) in [5.41, 5.74) is 1.02. The summed E-state index contributed by atoms with van der Waals surface area (Å²) in [7, 11) is 0. The zero-order valence-corrected chi connectivity index (χ0v) is 12.6. The van der Waals surface area contributed by atoms with Gasteiger partial charge in [-0.2, -0.15) is 0 Å². The first-order chi connectivity index (χ1) is 8.20. The lowest BCUT2D eigenvalue weighted by Gasteiger charge is -2.13. The topological polar surface area (TPSA) is 20.2 Å². The van der Waals surface area contributed by atoms with Crippen LogP contribution in [0, 0.1) is 0 Å². The largest absolute Gasteiger partial charge is 0.388 e. The van der Waals surface area contributed by atoms with Crippen LogP contribution < -0.4 is 0 Å². The molecule has 4 heteroatoms. The molecule has 1 N–H and O–H groups in total. The minimum Gasteiger partial charge on any atom is -0.388 e. The summed E-state index contributed by atoms with van der Waals surface area (Å²) in [4.78, 5) is 2.34. The molecule has 0 aliphatic carbocycles. The van der Waals surface area contributed by atoms with Crippen LogP contribution in [0.1, 0.15) is 16.5 Å². The maximum atomic E-state index is 10.3. The van der Waals surface area contributed by atoms with E-state index in [0.29, 0.717) is 6.42 Å². The van der Waals surface area contributed by atoms with Crippen LogP contribution in [0.15, 0.2) is 45.1 Å². The molecule has 0 saturated carbocycles. The van der Waals surface area contributed by atoms with Gasteiger partial charge in [0.05, 0.1) is 6.10 Å². The molecule has 2 rings (SSSR count). The highest BCUT2D eigenvalue weighted by molar-refractivity contribution is 9.10. The molecule has 0 fully saturated rings. The van der Waals surface area contributed by atoms with Crippen molar-refractivity contribution in [3.63, 3.8) is 0 Å². The van der Waals surface area contributed by atoms with Crippen molar-refractivity contribution in [2.75, 3.05) is 6.26 Å². The third kappa shape index (κ3) is 3.35. The average Bonchev–Trinajstić information content (AvgIpc) is 2.74. The van der Waals surface area contributed by atoms with Crippen molar-refractivity contribution in [2.45, 2.75) is 17.4 Å². The lowest BCUT2D eigenvalue weighted by molar-refractivity contribution is 0.176. The van der Waals surface area contributed by atoms with E-state index >= 15 is 0 Å². The Hall–Kier alpha value is -0.290. The van der Waals surface area contributed by atoms with E-state index in [2.05, 4.69) is 22.0 Å². The summed E-state index contributed by atoms with van der Waals surface area (Å²) in [6, 6.07) is 10.1. The second-order valence-corrected chi connectivity index (χ2v) is 6.45. The van der Waals surface area contributed by atoms with E-state index in [0.717, 1.165) is 14.9 Å². The number of thioether (sulfide) groups is 1. The molecule has 0 amide bonds. The highest BCUT2D eigenvalue weighted by Crippen LogP contribution is 2.30. The van der Waals surface area contributed by atoms with E-state index in [1.165, 1.54) is 4.88 Å². The molecule has 1 nitrogen and oxygen atoms in total. The van der Waals surface area contributed by atoms with Gasteiger partial charge in [-0.15, -0.1) is 23.1 Å². The Balaban J connectivity index is 2.16. The van der Waals surface area contributed by atoms with E-state index in [1.807, 2.05) is 35.9 Å². The van der Waals surface area contributed by atoms with E-state index in [4.69, 9.17) is 0 Å². The number of hydrogen-bond donors (Lipinski definition) is 1. The number of benzene rings is 1. The van der Waals surface area contributed by atoms with Crippen molar-refractivity contribution in [2.24, 2.45) is 0 Å². The Morgan fingerprint density at radius 1 is 1.41 bits per heavy atom. The summed E-state index contributed by atoms with van der Waals surface area (Å²) in [6.07, 6.45) is 2.28. The second kappa shape index (κ2) is 6.05. The molecule has 1 aromatic heterocycles. The molecule has 2 aromatic rings. The first kappa shape index (κ1) is 13.1. The molecule has 0 aliphatic heterocycles. The van der Waals surface area contributed by atoms with E-state index < -0.39 is 6.10 Å². The third-order valence-corrected chi connectivity index (χ3v) is 5.05. The fourth-order valence-electron chi connectivity index (χ4n) is 1.70. The van der Waals surface area contributed by atoms with Gasteiger partial charge in [0.2, 0.25) is 0 Å². The maximum Gasteiger partial charge on any atom is 0.0849 e. The van der Waals surface area contributed by atoms with Gasteiger partial charge in [0, 0.05) is 26.0 Å². The lowest BCUT2D eigenvalue weighted by atomic mass is 10.1. The predicted molar refractivity (Wildman–Crippen MR) is 78.9 cm³/mol. The molecule has 1 aromatic carbocycles. The maximum absolute atomic E-state index is 10.3. The van der Waals surface area contributed by atoms with E-state index in [1.54, 1.807) is 23.1 Å². The number of thiophene rings is 1. The van der Waals surface area contributed by atoms with Crippen LogP contribution in [0.5, 0.6) is 0 Å². The van der Waals surface area contributed by atoms with Gasteiger partial charge < -0.3 is 5.11 Å². The monoisotopic (exact) mass is 328 g/mol. The van der Waals surface area contributed by atoms with Crippen molar-refractivity contribution in [3.8, 4) is 0 Å². The first-order valence-corrected chi connectivity index (χ1v) is 8.14. The quantitative estimate of drug-likeness (QED) is 0.833. The Kier molecular flexibility index (Phi) is 4.68. The lowest BCUT2D eigenvalue weighted by Crippen LogP contribution is -2.01. The van der Waals surface area contributed by atoms with Gasteiger partial charge in [-0.1, -0.05) is 18.2 Å². The molecule has 0 spiro atoms. The van der Waals surface area contributed by atoms with Gasteiger partial charge >= 0.3 is 0 Å². The summed E-state index contributed by atoms with van der Waals surface area (Å²) in [6.45, 7) is 0. The fraction of sp³-hybridized carbons (Fsp3) is 0.231. The molecule has 0 aliphatic rings. The van der Waals surface area contributed by atoms with E-state index in [-0.39, 0.29) is 0 Å². The van der Waals surface area contributed by atoms with Crippen LogP contribution in [0.25, 0.3) is 0 Å². The first-order valence-electron chi connectivity index (χ1n) is 5.24. The van der Waals surface area contributed by atoms with Gasteiger partial charge in [-0.3, -0.25) is 0 Å². The van der Waals surface area contributed by atoms with Crippen molar-refractivity contribution in [1.82, 2.24) is 0 Å². The molecule has 90 valence electrons. The second-order valence-electron chi connectivity index (χ2n) is 3.69. The van der Waals surface area contributed by atoms with Crippen LogP contribution in [0.4, 0.5) is 0 Å². The van der Waals surface area contributed by atoms with Crippen molar-refractivity contribution in [3.05, 3.63) is 50.6 Å². The van der Waals surface area contributed by atoms with Gasteiger partial charge in [-0.05, 0) is 39.9 Å². The third-order valence-electron chi connectivity index (χ3n) is 2.51. The summed E-state index contributed by atoms with van der Waals surface area (Å²) in [5, 5.41) is 12.3. The zero-order valence-electron chi connectivity index (χ0n) is 9.39. The van der Waals surface area contributed by atoms with Crippen LogP contribution in [0.2, 0.25) is 0 Å². The fourth-order valence-corrected chi connectivity index (χ4v) is 3.85. The number of halogens is 1.